The molecular weight excluding hydrogens is 463 g/mol. The molecular formula is C23H26F3N7O2. The number of rotatable bonds is 6. The number of aromatic nitrogens is 4. The Hall–Kier alpha value is -3.41. The molecule has 2 aliphatic rings. The number of primary amides is 1. The maximum absolute atomic E-state index is 14.4. The van der Waals surface area contributed by atoms with Crippen molar-refractivity contribution in [2.24, 2.45) is 11.7 Å². The summed E-state index contributed by atoms with van der Waals surface area (Å²) in [6, 6.07) is 2.95. The minimum Gasteiger partial charge on any atom is -0.378 e. The van der Waals surface area contributed by atoms with E-state index in [1.54, 1.807) is 4.57 Å². The molecule has 1 amide bonds. The van der Waals surface area contributed by atoms with E-state index in [9.17, 15) is 18.0 Å². The number of benzene rings is 1. The molecule has 0 unspecified atom stereocenters. The third-order valence-electron chi connectivity index (χ3n) is 6.70. The molecule has 2 atom stereocenters. The zero-order chi connectivity index (χ0) is 24.5. The minimum atomic E-state index is -1.20. The molecule has 5 rings (SSSR count). The molecule has 12 heteroatoms. The van der Waals surface area contributed by atoms with Crippen molar-refractivity contribution in [1.29, 1.82) is 0 Å². The third-order valence-corrected chi connectivity index (χ3v) is 6.70. The highest BCUT2D eigenvalue weighted by Crippen LogP contribution is 2.37. The van der Waals surface area contributed by atoms with Gasteiger partial charge < -0.3 is 21.1 Å². The number of imidazole rings is 1. The van der Waals surface area contributed by atoms with Gasteiger partial charge in [-0.1, -0.05) is 6.07 Å². The third kappa shape index (κ3) is 4.75. The first-order valence-corrected chi connectivity index (χ1v) is 11.6. The topological polar surface area (TPSA) is 120 Å². The summed E-state index contributed by atoms with van der Waals surface area (Å²) in [7, 11) is 0. The second kappa shape index (κ2) is 9.68. The second-order valence-corrected chi connectivity index (χ2v) is 8.97. The number of carbonyl (C=O) groups is 1. The average Bonchev–Trinajstić information content (AvgIpc) is 3.20. The van der Waals surface area contributed by atoms with Gasteiger partial charge in [0.1, 0.15) is 29.0 Å². The predicted octanol–water partition coefficient (Wildman–Crippen LogP) is 3.60. The smallest absolute Gasteiger partial charge is 0.225 e. The molecule has 35 heavy (non-hydrogen) atoms. The lowest BCUT2D eigenvalue weighted by molar-refractivity contribution is -0.122. The van der Waals surface area contributed by atoms with Crippen LogP contribution in [0.2, 0.25) is 0 Å². The normalized spacial score (nSPS) is 24.9. The lowest BCUT2D eigenvalue weighted by Crippen LogP contribution is -2.39. The molecule has 0 spiro atoms. The van der Waals surface area contributed by atoms with Crippen LogP contribution in [0.4, 0.5) is 30.8 Å². The number of nitrogens with zero attached hydrogens (tertiary/aromatic N) is 4. The van der Waals surface area contributed by atoms with Crippen molar-refractivity contribution in [2.75, 3.05) is 23.8 Å². The Bertz CT molecular complexity index is 1210. The van der Waals surface area contributed by atoms with Gasteiger partial charge in [-0.25, -0.2) is 23.1 Å². The van der Waals surface area contributed by atoms with Crippen LogP contribution < -0.4 is 16.4 Å². The molecule has 1 saturated heterocycles. The molecule has 1 aliphatic heterocycles. The molecule has 1 aromatic carbocycles. The monoisotopic (exact) mass is 489 g/mol. The molecule has 3 heterocycles. The Labute approximate surface area is 199 Å². The van der Waals surface area contributed by atoms with E-state index in [1.165, 1.54) is 12.3 Å². The summed E-state index contributed by atoms with van der Waals surface area (Å²) < 4.78 is 50.0. The molecule has 1 aliphatic carbocycles. The largest absolute Gasteiger partial charge is 0.378 e. The number of anilines is 3. The van der Waals surface area contributed by atoms with E-state index in [-0.39, 0.29) is 42.1 Å². The Morgan fingerprint density at radius 3 is 2.54 bits per heavy atom. The first-order chi connectivity index (χ1) is 16.9. The van der Waals surface area contributed by atoms with Gasteiger partial charge in [0.25, 0.3) is 0 Å². The Balaban J connectivity index is 1.52. The SMILES string of the molecule is NC(=O)C1CCC(n2c(Nc3c(F)cccc3F)nc3cnc(N[C@@H]4CCOC[C@@H]4F)nc32)CC1. The summed E-state index contributed by atoms with van der Waals surface area (Å²) >= 11 is 0. The van der Waals surface area contributed by atoms with Crippen LogP contribution in [0.3, 0.4) is 0 Å². The number of ether oxygens (including phenoxy) is 1. The summed E-state index contributed by atoms with van der Waals surface area (Å²) in [5.41, 5.74) is 6.00. The van der Waals surface area contributed by atoms with Gasteiger partial charge in [0, 0.05) is 18.6 Å². The number of carbonyl (C=O) groups excluding carboxylic acids is 1. The van der Waals surface area contributed by atoms with Crippen LogP contribution in [0.1, 0.15) is 38.1 Å². The molecule has 1 saturated carbocycles. The van der Waals surface area contributed by atoms with Gasteiger partial charge in [0.05, 0.1) is 18.8 Å². The molecule has 0 radical (unpaired) electrons. The number of para-hydroxylation sites is 1. The Morgan fingerprint density at radius 2 is 1.86 bits per heavy atom. The van der Waals surface area contributed by atoms with E-state index in [0.717, 1.165) is 12.1 Å². The number of alkyl halides is 1. The number of amides is 1. The van der Waals surface area contributed by atoms with Crippen molar-refractivity contribution >= 4 is 34.7 Å². The van der Waals surface area contributed by atoms with Gasteiger partial charge >= 0.3 is 0 Å². The Kier molecular flexibility index (Phi) is 6.46. The van der Waals surface area contributed by atoms with E-state index in [1.807, 2.05) is 0 Å². The highest BCUT2D eigenvalue weighted by atomic mass is 19.1. The van der Waals surface area contributed by atoms with Crippen LogP contribution in [0.25, 0.3) is 11.2 Å². The lowest BCUT2D eigenvalue weighted by atomic mass is 9.85. The Morgan fingerprint density at radius 1 is 1.11 bits per heavy atom. The first-order valence-electron chi connectivity index (χ1n) is 11.6. The summed E-state index contributed by atoms with van der Waals surface area (Å²) in [5, 5.41) is 5.82. The van der Waals surface area contributed by atoms with Crippen LogP contribution in [-0.2, 0) is 9.53 Å². The van der Waals surface area contributed by atoms with Gasteiger partial charge in [-0.15, -0.1) is 0 Å². The number of nitrogens with one attached hydrogen (secondary N) is 2. The van der Waals surface area contributed by atoms with Crippen molar-refractivity contribution in [1.82, 2.24) is 19.5 Å². The summed E-state index contributed by atoms with van der Waals surface area (Å²) in [6.07, 6.45) is 3.13. The van der Waals surface area contributed by atoms with E-state index in [0.29, 0.717) is 49.9 Å². The number of nitrogens with two attached hydrogens (primary N) is 1. The average molecular weight is 490 g/mol. The van der Waals surface area contributed by atoms with Gasteiger partial charge in [-0.05, 0) is 44.2 Å². The van der Waals surface area contributed by atoms with Crippen molar-refractivity contribution < 1.29 is 22.7 Å². The summed E-state index contributed by atoms with van der Waals surface area (Å²) in [5.74, 6) is -1.65. The van der Waals surface area contributed by atoms with Gasteiger partial charge in [0.2, 0.25) is 17.8 Å². The lowest BCUT2D eigenvalue weighted by Gasteiger charge is -2.29. The molecule has 186 valence electrons. The van der Waals surface area contributed by atoms with Gasteiger partial charge in [0.15, 0.2) is 5.65 Å². The van der Waals surface area contributed by atoms with Crippen molar-refractivity contribution in [3.05, 3.63) is 36.0 Å². The molecule has 2 fully saturated rings. The number of hydrogen-bond acceptors (Lipinski definition) is 7. The van der Waals surface area contributed by atoms with E-state index < -0.39 is 23.8 Å². The van der Waals surface area contributed by atoms with E-state index in [4.69, 9.17) is 10.5 Å². The van der Waals surface area contributed by atoms with Crippen LogP contribution in [0.5, 0.6) is 0 Å². The van der Waals surface area contributed by atoms with Gasteiger partial charge in [-0.3, -0.25) is 9.36 Å². The fourth-order valence-electron chi connectivity index (χ4n) is 4.77. The van der Waals surface area contributed by atoms with Crippen molar-refractivity contribution in [3.8, 4) is 0 Å². The van der Waals surface area contributed by atoms with Crippen LogP contribution in [0, 0.1) is 17.6 Å². The van der Waals surface area contributed by atoms with Crippen LogP contribution in [0.15, 0.2) is 24.4 Å². The van der Waals surface area contributed by atoms with E-state index >= 15 is 0 Å². The number of fused-ring (bicyclic) bond motifs is 1. The maximum atomic E-state index is 14.4. The zero-order valence-electron chi connectivity index (χ0n) is 18.9. The maximum Gasteiger partial charge on any atom is 0.225 e. The highest BCUT2D eigenvalue weighted by molar-refractivity contribution is 5.78. The number of hydrogen-bond donors (Lipinski definition) is 3. The molecule has 2 aromatic heterocycles. The van der Waals surface area contributed by atoms with Crippen LogP contribution in [-0.4, -0.2) is 50.9 Å². The van der Waals surface area contributed by atoms with Crippen molar-refractivity contribution in [3.63, 3.8) is 0 Å². The second-order valence-electron chi connectivity index (χ2n) is 8.97. The number of halogens is 3. The fraction of sp³-hybridized carbons (Fsp3) is 0.478. The van der Waals surface area contributed by atoms with Crippen molar-refractivity contribution in [2.45, 2.75) is 50.4 Å². The zero-order valence-corrected chi connectivity index (χ0v) is 18.9. The molecule has 9 nitrogen and oxygen atoms in total. The standard InChI is InChI=1S/C23H26F3N7O2/c24-14-2-1-3-15(25)19(14)31-23-30-18-10-28-22(29-17-8-9-35-11-16(17)26)32-21(18)33(23)13-6-4-12(5-7-13)20(27)34/h1-3,10,12-13,16-17H,4-9,11H2,(H2,27,34)(H,30,31)(H,28,29,32)/t12?,13?,16-,17+/m0/s1. The minimum absolute atomic E-state index is 0.00319. The van der Waals surface area contributed by atoms with Crippen LogP contribution >= 0.6 is 0 Å². The summed E-state index contributed by atoms with van der Waals surface area (Å²) in [6.45, 7) is 0.437. The fourth-order valence-corrected chi connectivity index (χ4v) is 4.77. The molecule has 4 N–H and O–H groups in total. The summed E-state index contributed by atoms with van der Waals surface area (Å²) in [4.78, 5) is 25.0. The first kappa shape index (κ1) is 23.3. The molecule has 3 aromatic rings. The predicted molar refractivity (Wildman–Crippen MR) is 123 cm³/mol. The van der Waals surface area contributed by atoms with Gasteiger partial charge in [-0.2, -0.15) is 4.98 Å². The molecule has 0 bridgehead atoms. The van der Waals surface area contributed by atoms with E-state index in [2.05, 4.69) is 25.6 Å². The quantitative estimate of drug-likeness (QED) is 0.484. The highest BCUT2D eigenvalue weighted by Gasteiger charge is 2.30.